The van der Waals surface area contributed by atoms with Gasteiger partial charge in [-0.15, -0.1) is 0 Å². The predicted octanol–water partition coefficient (Wildman–Crippen LogP) is 11.7. The summed E-state index contributed by atoms with van der Waals surface area (Å²) in [6.45, 7) is 4.63. The fraction of sp³-hybridized carbons (Fsp3) is 0.0652. The van der Waals surface area contributed by atoms with Gasteiger partial charge >= 0.3 is 0 Å². The Morgan fingerprint density at radius 1 is 0.429 bits per heavy atom. The maximum atomic E-state index is 5.28. The fourth-order valence-corrected chi connectivity index (χ4v) is 7.48. The van der Waals surface area contributed by atoms with Crippen LogP contribution in [0.1, 0.15) is 25.0 Å². The van der Waals surface area contributed by atoms with Gasteiger partial charge in [0.1, 0.15) is 0 Å². The van der Waals surface area contributed by atoms with E-state index in [0.717, 1.165) is 44.6 Å². The van der Waals surface area contributed by atoms with Crippen LogP contribution < -0.4 is 0 Å². The Kier molecular flexibility index (Phi) is 6.80. The Hall–Kier alpha value is -6.19. The van der Waals surface area contributed by atoms with Crippen LogP contribution in [-0.2, 0) is 5.41 Å². The third kappa shape index (κ3) is 4.94. The molecule has 0 spiro atoms. The van der Waals surface area contributed by atoms with Crippen molar-refractivity contribution in [1.29, 1.82) is 0 Å². The highest BCUT2D eigenvalue weighted by atomic mass is 14.9. The first-order valence-electron chi connectivity index (χ1n) is 16.8. The average Bonchev–Trinajstić information content (AvgIpc) is 3.40. The molecule has 0 fully saturated rings. The Labute approximate surface area is 286 Å². The molecule has 1 aliphatic rings. The zero-order valence-electron chi connectivity index (χ0n) is 27.4. The summed E-state index contributed by atoms with van der Waals surface area (Å²) in [5, 5.41) is 2.34. The zero-order valence-corrected chi connectivity index (χ0v) is 27.4. The van der Waals surface area contributed by atoms with Gasteiger partial charge in [0, 0.05) is 34.5 Å². The largest absolute Gasteiger partial charge is 0.264 e. The summed E-state index contributed by atoms with van der Waals surface area (Å²) in [5.74, 6) is 0.650. The Morgan fingerprint density at radius 2 is 1.08 bits per heavy atom. The predicted molar refractivity (Wildman–Crippen MR) is 202 cm³/mol. The molecule has 0 N–H and O–H groups in total. The highest BCUT2D eigenvalue weighted by Gasteiger charge is 2.35. The summed E-state index contributed by atoms with van der Waals surface area (Å²) in [6.07, 6.45) is 3.77. The van der Waals surface area contributed by atoms with Crippen molar-refractivity contribution in [2.45, 2.75) is 19.3 Å². The second kappa shape index (κ2) is 11.5. The summed E-state index contributed by atoms with van der Waals surface area (Å²) in [5.41, 5.74) is 14.5. The number of hydrogen-bond donors (Lipinski definition) is 0. The lowest BCUT2D eigenvalue weighted by Gasteiger charge is -2.21. The molecule has 3 heteroatoms. The van der Waals surface area contributed by atoms with Crippen LogP contribution >= 0.6 is 0 Å². The Bertz CT molecular complexity index is 2510. The van der Waals surface area contributed by atoms with Crippen molar-refractivity contribution in [1.82, 2.24) is 15.0 Å². The van der Waals surface area contributed by atoms with E-state index in [1.54, 1.807) is 0 Å². The van der Waals surface area contributed by atoms with Crippen LogP contribution in [-0.4, -0.2) is 15.0 Å². The first-order valence-corrected chi connectivity index (χ1v) is 16.8. The Balaban J connectivity index is 1.22. The van der Waals surface area contributed by atoms with E-state index in [1.807, 2.05) is 18.5 Å². The zero-order chi connectivity index (χ0) is 33.0. The molecule has 0 saturated carbocycles. The van der Waals surface area contributed by atoms with Gasteiger partial charge in [-0.3, -0.25) is 4.98 Å². The van der Waals surface area contributed by atoms with Crippen LogP contribution in [0.5, 0.6) is 0 Å². The van der Waals surface area contributed by atoms with Crippen LogP contribution in [0.25, 0.3) is 78.1 Å². The van der Waals surface area contributed by atoms with Crippen LogP contribution in [0.15, 0.2) is 164 Å². The maximum absolute atomic E-state index is 5.28. The molecular weight excluding hydrogens is 595 g/mol. The van der Waals surface area contributed by atoms with Crippen molar-refractivity contribution in [3.05, 3.63) is 175 Å². The molecule has 49 heavy (non-hydrogen) atoms. The SMILES string of the molecule is CC1(C)c2ccccc2-c2cc(-c3ccncc3-c3nc(-c4ccc(-c5ccccc5)cc4)cc(-c4cccc5ccccc45)n3)ccc21. The summed E-state index contributed by atoms with van der Waals surface area (Å²) in [7, 11) is 0. The van der Waals surface area contributed by atoms with Crippen LogP contribution in [0, 0.1) is 0 Å². The Morgan fingerprint density at radius 3 is 1.96 bits per heavy atom. The van der Waals surface area contributed by atoms with Gasteiger partial charge in [-0.05, 0) is 73.5 Å². The van der Waals surface area contributed by atoms with Crippen LogP contribution in [0.4, 0.5) is 0 Å². The first kappa shape index (κ1) is 29.0. The van der Waals surface area contributed by atoms with E-state index >= 15 is 0 Å². The van der Waals surface area contributed by atoms with Crippen molar-refractivity contribution in [3.8, 4) is 67.3 Å². The molecular formula is C46H33N3. The highest BCUT2D eigenvalue weighted by molar-refractivity contribution is 5.97. The second-order valence-corrected chi connectivity index (χ2v) is 13.3. The minimum atomic E-state index is -0.0492. The minimum absolute atomic E-state index is 0.0492. The summed E-state index contributed by atoms with van der Waals surface area (Å²) in [6, 6.07) is 53.9. The topological polar surface area (TPSA) is 38.7 Å². The van der Waals surface area contributed by atoms with Gasteiger partial charge in [-0.1, -0.05) is 147 Å². The quantitative estimate of drug-likeness (QED) is 0.191. The fourth-order valence-electron chi connectivity index (χ4n) is 7.48. The molecule has 1 aliphatic carbocycles. The van der Waals surface area contributed by atoms with E-state index in [2.05, 4.69) is 164 Å². The van der Waals surface area contributed by atoms with E-state index in [1.165, 1.54) is 38.8 Å². The number of hydrogen-bond acceptors (Lipinski definition) is 3. The van der Waals surface area contributed by atoms with Gasteiger partial charge in [0.25, 0.3) is 0 Å². The molecule has 0 unspecified atom stereocenters. The third-order valence-corrected chi connectivity index (χ3v) is 10.0. The van der Waals surface area contributed by atoms with E-state index in [0.29, 0.717) is 5.82 Å². The van der Waals surface area contributed by atoms with Gasteiger partial charge in [0.15, 0.2) is 5.82 Å². The number of rotatable bonds is 5. The minimum Gasteiger partial charge on any atom is -0.264 e. The maximum Gasteiger partial charge on any atom is 0.162 e. The summed E-state index contributed by atoms with van der Waals surface area (Å²) >= 11 is 0. The van der Waals surface area contributed by atoms with E-state index in [4.69, 9.17) is 9.97 Å². The second-order valence-electron chi connectivity index (χ2n) is 13.3. The third-order valence-electron chi connectivity index (χ3n) is 10.0. The monoisotopic (exact) mass is 627 g/mol. The van der Waals surface area contributed by atoms with Crippen molar-refractivity contribution in [2.24, 2.45) is 0 Å². The molecule has 2 aromatic heterocycles. The highest BCUT2D eigenvalue weighted by Crippen LogP contribution is 2.50. The van der Waals surface area contributed by atoms with Crippen molar-refractivity contribution in [3.63, 3.8) is 0 Å². The molecule has 9 rings (SSSR count). The summed E-state index contributed by atoms with van der Waals surface area (Å²) < 4.78 is 0. The number of benzene rings is 6. The number of pyridine rings is 1. The van der Waals surface area contributed by atoms with Crippen molar-refractivity contribution >= 4 is 10.8 Å². The van der Waals surface area contributed by atoms with E-state index < -0.39 is 0 Å². The smallest absolute Gasteiger partial charge is 0.162 e. The molecule has 0 atom stereocenters. The molecule has 0 bridgehead atoms. The van der Waals surface area contributed by atoms with Gasteiger partial charge in [0.05, 0.1) is 11.4 Å². The standard InChI is InChI=1S/C46H33N3/c1-46(2)41-18-9-8-16-37(41)39-27-34(23-24-42(39)46)36-25-26-47-29-40(36)45-48-43(33-21-19-31(20-22-33)30-11-4-3-5-12-30)28-44(49-45)38-17-10-14-32-13-6-7-15-35(32)38/h3-29H,1-2H3. The van der Waals surface area contributed by atoms with Gasteiger partial charge in [-0.25, -0.2) is 9.97 Å². The number of fused-ring (bicyclic) bond motifs is 4. The molecule has 6 aromatic carbocycles. The molecule has 2 heterocycles. The molecule has 232 valence electrons. The normalized spacial score (nSPS) is 12.9. The van der Waals surface area contributed by atoms with Crippen molar-refractivity contribution in [2.75, 3.05) is 0 Å². The molecule has 0 radical (unpaired) electrons. The van der Waals surface area contributed by atoms with Gasteiger partial charge < -0.3 is 0 Å². The molecule has 8 aromatic rings. The molecule has 0 amide bonds. The van der Waals surface area contributed by atoms with Gasteiger partial charge in [0.2, 0.25) is 0 Å². The van der Waals surface area contributed by atoms with Gasteiger partial charge in [-0.2, -0.15) is 0 Å². The summed E-state index contributed by atoms with van der Waals surface area (Å²) in [4.78, 5) is 15.1. The van der Waals surface area contributed by atoms with Crippen molar-refractivity contribution < 1.29 is 0 Å². The molecule has 0 aliphatic heterocycles. The van der Waals surface area contributed by atoms with E-state index in [9.17, 15) is 0 Å². The lowest BCUT2D eigenvalue weighted by Crippen LogP contribution is -2.14. The average molecular weight is 628 g/mol. The lowest BCUT2D eigenvalue weighted by atomic mass is 9.82. The lowest BCUT2D eigenvalue weighted by molar-refractivity contribution is 0.660. The first-order chi connectivity index (χ1) is 24.0. The van der Waals surface area contributed by atoms with E-state index in [-0.39, 0.29) is 5.41 Å². The van der Waals surface area contributed by atoms with Crippen LogP contribution in [0.2, 0.25) is 0 Å². The van der Waals surface area contributed by atoms with Crippen LogP contribution in [0.3, 0.4) is 0 Å². The number of aromatic nitrogens is 3. The molecule has 3 nitrogen and oxygen atoms in total. The molecule has 0 saturated heterocycles. The number of nitrogens with zero attached hydrogens (tertiary/aromatic N) is 3.